The zero-order valence-corrected chi connectivity index (χ0v) is 12.9. The van der Waals surface area contributed by atoms with E-state index in [1.165, 1.54) is 12.1 Å². The van der Waals surface area contributed by atoms with Gasteiger partial charge in [-0.25, -0.2) is 0 Å². The van der Waals surface area contributed by atoms with Gasteiger partial charge in [0.25, 0.3) is 0 Å². The van der Waals surface area contributed by atoms with Gasteiger partial charge >= 0.3 is 6.18 Å². The first-order valence-electron chi connectivity index (χ1n) is 6.26. The summed E-state index contributed by atoms with van der Waals surface area (Å²) in [6, 6.07) is 3.58. The Morgan fingerprint density at radius 1 is 1.33 bits per heavy atom. The summed E-state index contributed by atoms with van der Waals surface area (Å²) in [4.78, 5) is 0. The molecule has 0 aliphatic heterocycles. The topological polar surface area (TPSA) is 51.0 Å². The Hall–Kier alpha value is -1.41. The molecule has 0 spiro atoms. The lowest BCUT2D eigenvalue weighted by atomic mass is 10.1. The smallest absolute Gasteiger partial charge is 0.417 e. The van der Waals surface area contributed by atoms with Gasteiger partial charge in [0.15, 0.2) is 0 Å². The highest BCUT2D eigenvalue weighted by molar-refractivity contribution is 9.10. The normalized spacial score (nSPS) is 13.4. The van der Waals surface area contributed by atoms with E-state index in [2.05, 4.69) is 31.4 Å². The Kier molecular flexibility index (Phi) is 4.67. The SMILES string of the molecule is CCNC(C)c1nnc(-c2ccc(Br)cc2C(F)(F)F)o1. The number of rotatable bonds is 4. The van der Waals surface area contributed by atoms with E-state index in [1.54, 1.807) is 6.92 Å². The maximum absolute atomic E-state index is 13.1. The number of alkyl halides is 3. The molecule has 21 heavy (non-hydrogen) atoms. The molecular weight excluding hydrogens is 351 g/mol. The number of benzene rings is 1. The van der Waals surface area contributed by atoms with Crippen LogP contribution in [0.2, 0.25) is 0 Å². The van der Waals surface area contributed by atoms with Crippen molar-refractivity contribution in [2.24, 2.45) is 0 Å². The molecule has 1 heterocycles. The van der Waals surface area contributed by atoms with Gasteiger partial charge in [-0.3, -0.25) is 0 Å². The van der Waals surface area contributed by atoms with Crippen molar-refractivity contribution in [2.75, 3.05) is 6.54 Å². The lowest BCUT2D eigenvalue weighted by Crippen LogP contribution is -2.17. The molecule has 0 bridgehead atoms. The van der Waals surface area contributed by atoms with E-state index in [4.69, 9.17) is 4.42 Å². The van der Waals surface area contributed by atoms with Crippen molar-refractivity contribution in [3.63, 3.8) is 0 Å². The van der Waals surface area contributed by atoms with Gasteiger partial charge in [-0.15, -0.1) is 10.2 Å². The summed E-state index contributed by atoms with van der Waals surface area (Å²) in [6.07, 6.45) is -4.50. The molecule has 2 rings (SSSR count). The van der Waals surface area contributed by atoms with E-state index in [-0.39, 0.29) is 23.4 Å². The summed E-state index contributed by atoms with van der Waals surface area (Å²) in [6.45, 7) is 4.39. The molecule has 0 amide bonds. The fourth-order valence-corrected chi connectivity index (χ4v) is 2.21. The average molecular weight is 364 g/mol. The number of nitrogens with one attached hydrogen (secondary N) is 1. The maximum Gasteiger partial charge on any atom is 0.417 e. The van der Waals surface area contributed by atoms with Crippen LogP contribution in [0.25, 0.3) is 11.5 Å². The summed E-state index contributed by atoms with van der Waals surface area (Å²) < 4.78 is 44.9. The third-order valence-electron chi connectivity index (χ3n) is 2.84. The minimum Gasteiger partial charge on any atom is -0.419 e. The van der Waals surface area contributed by atoms with Crippen LogP contribution in [0.4, 0.5) is 13.2 Å². The van der Waals surface area contributed by atoms with E-state index < -0.39 is 11.7 Å². The zero-order valence-electron chi connectivity index (χ0n) is 11.3. The highest BCUT2D eigenvalue weighted by atomic mass is 79.9. The zero-order chi connectivity index (χ0) is 15.6. The number of hydrogen-bond acceptors (Lipinski definition) is 4. The highest BCUT2D eigenvalue weighted by Crippen LogP contribution is 2.38. The minimum absolute atomic E-state index is 0.131. The molecule has 1 aromatic carbocycles. The quantitative estimate of drug-likeness (QED) is 0.884. The number of hydrogen-bond donors (Lipinski definition) is 1. The molecule has 0 fully saturated rings. The van der Waals surface area contributed by atoms with Gasteiger partial charge in [0.05, 0.1) is 17.2 Å². The van der Waals surface area contributed by atoms with Gasteiger partial charge in [-0.05, 0) is 31.7 Å². The second kappa shape index (κ2) is 6.15. The molecular formula is C13H13BrF3N3O. The average Bonchev–Trinajstić information content (AvgIpc) is 2.87. The molecule has 0 saturated carbocycles. The van der Waals surface area contributed by atoms with E-state index in [0.29, 0.717) is 11.0 Å². The third kappa shape index (κ3) is 3.62. The molecule has 1 aromatic heterocycles. The number of nitrogens with zero attached hydrogens (tertiary/aromatic N) is 2. The Balaban J connectivity index is 2.43. The summed E-state index contributed by atoms with van der Waals surface area (Å²) in [7, 11) is 0. The Bertz CT molecular complexity index is 627. The predicted molar refractivity (Wildman–Crippen MR) is 74.5 cm³/mol. The Morgan fingerprint density at radius 2 is 2.05 bits per heavy atom. The largest absolute Gasteiger partial charge is 0.419 e. The fourth-order valence-electron chi connectivity index (χ4n) is 1.85. The summed E-state index contributed by atoms with van der Waals surface area (Å²) >= 11 is 3.03. The predicted octanol–water partition coefficient (Wildman–Crippen LogP) is 4.19. The summed E-state index contributed by atoms with van der Waals surface area (Å²) in [5, 5.41) is 10.6. The van der Waals surface area contributed by atoms with E-state index in [1.807, 2.05) is 6.92 Å². The van der Waals surface area contributed by atoms with Crippen molar-refractivity contribution in [3.8, 4) is 11.5 Å². The second-order valence-corrected chi connectivity index (χ2v) is 5.33. The molecule has 0 radical (unpaired) electrons. The van der Waals surface area contributed by atoms with Gasteiger partial charge < -0.3 is 9.73 Å². The summed E-state index contributed by atoms with van der Waals surface area (Å²) in [5.74, 6) is 0.109. The lowest BCUT2D eigenvalue weighted by Gasteiger charge is -2.11. The first kappa shape index (κ1) is 16.0. The van der Waals surface area contributed by atoms with Crippen LogP contribution in [0, 0.1) is 0 Å². The van der Waals surface area contributed by atoms with Crippen LogP contribution in [0.3, 0.4) is 0 Å². The number of halogens is 4. The van der Waals surface area contributed by atoms with E-state index in [9.17, 15) is 13.2 Å². The van der Waals surface area contributed by atoms with Gasteiger partial charge in [0.2, 0.25) is 11.8 Å². The minimum atomic E-state index is -4.50. The Labute approximate surface area is 127 Å². The van der Waals surface area contributed by atoms with Gasteiger partial charge in [-0.1, -0.05) is 22.9 Å². The molecule has 4 nitrogen and oxygen atoms in total. The van der Waals surface area contributed by atoms with Crippen LogP contribution >= 0.6 is 15.9 Å². The molecule has 0 aliphatic carbocycles. The molecule has 1 atom stereocenters. The summed E-state index contributed by atoms with van der Waals surface area (Å²) in [5.41, 5.74) is -0.948. The van der Waals surface area contributed by atoms with Crippen molar-refractivity contribution in [3.05, 3.63) is 34.1 Å². The van der Waals surface area contributed by atoms with Crippen LogP contribution < -0.4 is 5.32 Å². The van der Waals surface area contributed by atoms with Crippen molar-refractivity contribution in [2.45, 2.75) is 26.1 Å². The molecule has 0 aliphatic rings. The molecule has 114 valence electrons. The van der Waals surface area contributed by atoms with Crippen LogP contribution in [0.15, 0.2) is 27.1 Å². The maximum atomic E-state index is 13.1. The third-order valence-corrected chi connectivity index (χ3v) is 3.33. The van der Waals surface area contributed by atoms with Crippen LogP contribution in [-0.2, 0) is 6.18 Å². The second-order valence-electron chi connectivity index (χ2n) is 4.41. The molecule has 1 unspecified atom stereocenters. The van der Waals surface area contributed by atoms with Gasteiger partial charge in [0, 0.05) is 4.47 Å². The number of aromatic nitrogens is 2. The molecule has 0 saturated heterocycles. The van der Waals surface area contributed by atoms with Crippen LogP contribution in [-0.4, -0.2) is 16.7 Å². The fraction of sp³-hybridized carbons (Fsp3) is 0.385. The highest BCUT2D eigenvalue weighted by Gasteiger charge is 2.35. The standard InChI is InChI=1S/C13H13BrF3N3O/c1-3-18-7(2)11-19-20-12(21-11)9-5-4-8(14)6-10(9)13(15,16)17/h4-7,18H,3H2,1-2H3. The molecule has 8 heteroatoms. The van der Waals surface area contributed by atoms with Crippen molar-refractivity contribution < 1.29 is 17.6 Å². The first-order valence-corrected chi connectivity index (χ1v) is 7.06. The van der Waals surface area contributed by atoms with Gasteiger partial charge in [0.1, 0.15) is 0 Å². The van der Waals surface area contributed by atoms with Crippen molar-refractivity contribution in [1.82, 2.24) is 15.5 Å². The van der Waals surface area contributed by atoms with E-state index in [0.717, 1.165) is 6.07 Å². The Morgan fingerprint density at radius 3 is 2.67 bits per heavy atom. The van der Waals surface area contributed by atoms with Gasteiger partial charge in [-0.2, -0.15) is 13.2 Å². The van der Waals surface area contributed by atoms with Crippen LogP contribution in [0.5, 0.6) is 0 Å². The monoisotopic (exact) mass is 363 g/mol. The molecule has 1 N–H and O–H groups in total. The van der Waals surface area contributed by atoms with E-state index >= 15 is 0 Å². The van der Waals surface area contributed by atoms with Crippen molar-refractivity contribution >= 4 is 15.9 Å². The van der Waals surface area contributed by atoms with Crippen LogP contribution in [0.1, 0.15) is 31.3 Å². The first-order chi connectivity index (χ1) is 9.82. The lowest BCUT2D eigenvalue weighted by molar-refractivity contribution is -0.137. The van der Waals surface area contributed by atoms with Crippen molar-refractivity contribution in [1.29, 1.82) is 0 Å². The molecule has 2 aromatic rings.